The fraction of sp³-hybridized carbons (Fsp3) is 0.261. The van der Waals surface area contributed by atoms with Gasteiger partial charge < -0.3 is 10.3 Å². The number of carbonyl (C=O) groups is 1. The molecule has 0 fully saturated rings. The Morgan fingerprint density at radius 2 is 1.94 bits per heavy atom. The molecule has 0 aliphatic carbocycles. The monoisotopic (exact) mass is 486 g/mol. The van der Waals surface area contributed by atoms with Crippen LogP contribution in [0.4, 0.5) is 5.69 Å². The first kappa shape index (κ1) is 22.7. The Hall–Kier alpha value is -2.52. The first-order valence-electron chi connectivity index (χ1n) is 10.0. The Morgan fingerprint density at radius 3 is 2.62 bits per heavy atom. The van der Waals surface area contributed by atoms with Crippen molar-refractivity contribution >= 4 is 56.1 Å². The third-order valence-electron chi connectivity index (χ3n) is 5.16. The summed E-state index contributed by atoms with van der Waals surface area (Å²) in [7, 11) is 1.96. The predicted molar refractivity (Wildman–Crippen MR) is 133 cm³/mol. The van der Waals surface area contributed by atoms with Crippen LogP contribution in [0.15, 0.2) is 35.1 Å². The second-order valence-corrected chi connectivity index (χ2v) is 10.7. The summed E-state index contributed by atoms with van der Waals surface area (Å²) in [6.07, 6.45) is 0. The number of aromatic nitrogens is 2. The van der Waals surface area contributed by atoms with Gasteiger partial charge in [0.1, 0.15) is 10.7 Å². The van der Waals surface area contributed by atoms with Gasteiger partial charge in [-0.1, -0.05) is 29.3 Å². The number of aryl methyl sites for hydroxylation is 3. The third kappa shape index (κ3) is 4.78. The minimum absolute atomic E-state index is 0.225. The van der Waals surface area contributed by atoms with E-state index in [4.69, 9.17) is 11.6 Å². The van der Waals surface area contributed by atoms with Gasteiger partial charge in [0.2, 0.25) is 0 Å². The molecule has 4 rings (SSSR count). The van der Waals surface area contributed by atoms with E-state index in [-0.39, 0.29) is 11.5 Å². The highest BCUT2D eigenvalue weighted by atomic mass is 35.5. The molecule has 32 heavy (non-hydrogen) atoms. The lowest BCUT2D eigenvalue weighted by atomic mass is 10.1. The number of hydrogen-bond acceptors (Lipinski definition) is 6. The second kappa shape index (κ2) is 9.15. The Kier molecular flexibility index (Phi) is 6.48. The summed E-state index contributed by atoms with van der Waals surface area (Å²) >= 11 is 8.79. The van der Waals surface area contributed by atoms with Gasteiger partial charge in [-0.2, -0.15) is 0 Å². The first-order valence-corrected chi connectivity index (χ1v) is 12.1. The molecule has 166 valence electrons. The Balaban J connectivity index is 1.58. The van der Waals surface area contributed by atoms with Crippen molar-refractivity contribution in [3.63, 3.8) is 0 Å². The van der Waals surface area contributed by atoms with Gasteiger partial charge in [0.05, 0.1) is 21.1 Å². The zero-order valence-electron chi connectivity index (χ0n) is 18.2. The lowest BCUT2D eigenvalue weighted by Gasteiger charge is -2.14. The molecular formula is C23H23ClN4O2S2. The summed E-state index contributed by atoms with van der Waals surface area (Å²) in [5.74, 6) is 0.334. The van der Waals surface area contributed by atoms with Crippen LogP contribution in [0.1, 0.15) is 37.1 Å². The quantitative estimate of drug-likeness (QED) is 0.376. The Labute approximate surface area is 198 Å². The number of halogens is 1. The molecule has 1 aromatic carbocycles. The largest absolute Gasteiger partial charge is 0.321 e. The van der Waals surface area contributed by atoms with Crippen LogP contribution in [0, 0.1) is 20.8 Å². The Bertz CT molecular complexity index is 1370. The number of thiophene rings is 2. The molecule has 0 spiro atoms. The number of rotatable bonds is 6. The van der Waals surface area contributed by atoms with Crippen LogP contribution < -0.4 is 10.9 Å². The van der Waals surface area contributed by atoms with Crippen molar-refractivity contribution in [1.29, 1.82) is 0 Å². The molecule has 1 amide bonds. The molecule has 0 saturated carbocycles. The van der Waals surface area contributed by atoms with Crippen LogP contribution in [0.3, 0.4) is 0 Å². The molecular weight excluding hydrogens is 464 g/mol. The number of H-pyrrole nitrogens is 1. The maximum absolute atomic E-state index is 13.0. The van der Waals surface area contributed by atoms with Crippen LogP contribution in [0.25, 0.3) is 10.2 Å². The van der Waals surface area contributed by atoms with E-state index in [1.54, 1.807) is 6.92 Å². The maximum atomic E-state index is 13.0. The van der Waals surface area contributed by atoms with E-state index in [0.29, 0.717) is 39.6 Å². The number of anilines is 1. The zero-order valence-corrected chi connectivity index (χ0v) is 20.6. The van der Waals surface area contributed by atoms with E-state index in [2.05, 4.69) is 20.2 Å². The number of fused-ring (bicyclic) bond motifs is 1. The normalized spacial score (nSPS) is 11.4. The van der Waals surface area contributed by atoms with Crippen molar-refractivity contribution in [3.05, 3.63) is 77.3 Å². The molecule has 0 aliphatic rings. The topological polar surface area (TPSA) is 78.1 Å². The SMILES string of the molecule is Cc1ccc(NC(=O)c2sc3nc(CN(C)Cc4ccc(Cl)s4)[nH]c(=O)c3c2C)c(C)c1. The average molecular weight is 487 g/mol. The van der Waals surface area contributed by atoms with Crippen LogP contribution in [0.5, 0.6) is 0 Å². The third-order valence-corrected chi connectivity index (χ3v) is 7.56. The van der Waals surface area contributed by atoms with Gasteiger partial charge in [0.15, 0.2) is 0 Å². The minimum Gasteiger partial charge on any atom is -0.321 e. The number of carbonyl (C=O) groups excluding carboxylic acids is 1. The van der Waals surface area contributed by atoms with Crippen molar-refractivity contribution in [2.75, 3.05) is 12.4 Å². The zero-order chi connectivity index (χ0) is 23.0. The van der Waals surface area contributed by atoms with Crippen LogP contribution in [0.2, 0.25) is 4.34 Å². The van der Waals surface area contributed by atoms with Crippen LogP contribution >= 0.6 is 34.3 Å². The molecule has 3 heterocycles. The smallest absolute Gasteiger partial charge is 0.266 e. The molecule has 2 N–H and O–H groups in total. The molecule has 0 unspecified atom stereocenters. The molecule has 0 bridgehead atoms. The summed E-state index contributed by atoms with van der Waals surface area (Å²) in [4.78, 5) is 37.5. The Morgan fingerprint density at radius 1 is 1.16 bits per heavy atom. The molecule has 0 atom stereocenters. The summed E-state index contributed by atoms with van der Waals surface area (Å²) in [6, 6.07) is 9.74. The fourth-order valence-corrected chi connectivity index (χ4v) is 5.89. The van der Waals surface area contributed by atoms with Crippen LogP contribution in [-0.2, 0) is 13.1 Å². The number of nitrogens with zero attached hydrogens (tertiary/aromatic N) is 2. The minimum atomic E-state index is -0.231. The summed E-state index contributed by atoms with van der Waals surface area (Å²) < 4.78 is 0.752. The molecule has 0 aliphatic heterocycles. The summed E-state index contributed by atoms with van der Waals surface area (Å²) in [6.45, 7) is 6.93. The molecule has 0 radical (unpaired) electrons. The standard InChI is InChI=1S/C23H23ClN4O2S2/c1-12-5-7-16(13(2)9-12)25-22(30)20-14(3)19-21(29)26-18(27-23(19)32-20)11-28(4)10-15-6-8-17(24)31-15/h5-9H,10-11H2,1-4H3,(H,25,30)(H,26,27,29). The van der Waals surface area contributed by atoms with Crippen molar-refractivity contribution in [2.45, 2.75) is 33.9 Å². The molecule has 3 aromatic heterocycles. The van der Waals surface area contributed by atoms with E-state index in [1.807, 2.05) is 51.2 Å². The first-order chi connectivity index (χ1) is 15.2. The van der Waals surface area contributed by atoms with Crippen molar-refractivity contribution < 1.29 is 4.79 Å². The maximum Gasteiger partial charge on any atom is 0.266 e. The van der Waals surface area contributed by atoms with Gasteiger partial charge in [-0.15, -0.1) is 22.7 Å². The number of hydrogen-bond donors (Lipinski definition) is 2. The number of aromatic amines is 1. The van der Waals surface area contributed by atoms with Crippen molar-refractivity contribution in [3.8, 4) is 0 Å². The van der Waals surface area contributed by atoms with Gasteiger partial charge in [-0.3, -0.25) is 14.5 Å². The van der Waals surface area contributed by atoms with E-state index in [0.717, 1.165) is 26.0 Å². The highest BCUT2D eigenvalue weighted by Crippen LogP contribution is 2.29. The summed E-state index contributed by atoms with van der Waals surface area (Å²) in [5.41, 5.74) is 3.31. The molecule has 9 heteroatoms. The van der Waals surface area contributed by atoms with Gasteiger partial charge >= 0.3 is 0 Å². The predicted octanol–water partition coefficient (Wildman–Crippen LogP) is 5.51. The lowest BCUT2D eigenvalue weighted by molar-refractivity contribution is 0.103. The van der Waals surface area contributed by atoms with E-state index < -0.39 is 0 Å². The highest BCUT2D eigenvalue weighted by Gasteiger charge is 2.20. The number of amides is 1. The number of benzene rings is 1. The highest BCUT2D eigenvalue weighted by molar-refractivity contribution is 7.20. The molecule has 0 saturated heterocycles. The van der Waals surface area contributed by atoms with Crippen molar-refractivity contribution in [1.82, 2.24) is 14.9 Å². The fourth-order valence-electron chi connectivity index (χ4n) is 3.63. The number of nitrogens with one attached hydrogen (secondary N) is 2. The van der Waals surface area contributed by atoms with Gasteiger partial charge in [-0.25, -0.2) is 4.98 Å². The summed E-state index contributed by atoms with van der Waals surface area (Å²) in [5, 5.41) is 3.43. The lowest BCUT2D eigenvalue weighted by Crippen LogP contribution is -2.21. The van der Waals surface area contributed by atoms with Gasteiger partial charge in [0, 0.05) is 17.1 Å². The van der Waals surface area contributed by atoms with Crippen molar-refractivity contribution in [2.24, 2.45) is 0 Å². The average Bonchev–Trinajstić information content (AvgIpc) is 3.26. The van der Waals surface area contributed by atoms with Gasteiger partial charge in [-0.05, 0) is 57.1 Å². The van der Waals surface area contributed by atoms with E-state index in [1.165, 1.54) is 22.7 Å². The van der Waals surface area contributed by atoms with Crippen LogP contribution in [-0.4, -0.2) is 27.8 Å². The molecule has 6 nitrogen and oxygen atoms in total. The second-order valence-electron chi connectivity index (χ2n) is 7.90. The molecule has 4 aromatic rings. The van der Waals surface area contributed by atoms with Gasteiger partial charge in [0.25, 0.3) is 11.5 Å². The van der Waals surface area contributed by atoms with E-state index >= 15 is 0 Å². The van der Waals surface area contributed by atoms with E-state index in [9.17, 15) is 9.59 Å².